The number of anilines is 1. The van der Waals surface area contributed by atoms with Crippen molar-refractivity contribution in [3.05, 3.63) is 57.5 Å². The quantitative estimate of drug-likeness (QED) is 0.584. The van der Waals surface area contributed by atoms with E-state index in [0.717, 1.165) is 29.0 Å². The number of hydrogen-bond donors (Lipinski definition) is 4. The maximum Gasteiger partial charge on any atom is 0.175 e. The number of benzene rings is 1. The van der Waals surface area contributed by atoms with Crippen LogP contribution in [0.25, 0.3) is 0 Å². The summed E-state index contributed by atoms with van der Waals surface area (Å²) in [5.74, 6) is 2.36. The van der Waals surface area contributed by atoms with Gasteiger partial charge in [-0.1, -0.05) is 24.3 Å². The molecule has 140 valence electrons. The number of nitrogens with one attached hydrogen (secondary N) is 4. The highest BCUT2D eigenvalue weighted by atomic mass is 79.9. The van der Waals surface area contributed by atoms with Gasteiger partial charge in [0, 0.05) is 29.9 Å². The van der Waals surface area contributed by atoms with Crippen molar-refractivity contribution in [3.63, 3.8) is 0 Å². The number of H-pyrrole nitrogens is 1. The predicted molar refractivity (Wildman–Crippen MR) is 111 cm³/mol. The van der Waals surface area contributed by atoms with E-state index in [1.165, 1.54) is 36.1 Å². The van der Waals surface area contributed by atoms with Crippen LogP contribution in [0.5, 0.6) is 0 Å². The molecule has 3 aliphatic rings. The van der Waals surface area contributed by atoms with E-state index in [-0.39, 0.29) is 6.29 Å². The highest BCUT2D eigenvalue weighted by molar-refractivity contribution is 9.12. The number of fused-ring (bicyclic) bond motifs is 1. The predicted octanol–water partition coefficient (Wildman–Crippen LogP) is 3.89. The Hall–Kier alpha value is -2.12. The molecule has 5 rings (SSSR count). The van der Waals surface area contributed by atoms with Gasteiger partial charge in [-0.3, -0.25) is 15.4 Å². The molecule has 2 atom stereocenters. The number of aliphatic imine (C=N–C) groups is 1. The SMILES string of the molecule is BrC1=C(Nc2cc(C3CC3)[nH]n2)NC(NC2CCCc3ccccc32)N=C1. The summed E-state index contributed by atoms with van der Waals surface area (Å²) in [4.78, 5) is 4.59. The molecule has 2 aromatic rings. The average Bonchev–Trinajstić information content (AvgIpc) is 3.44. The lowest BCUT2D eigenvalue weighted by Crippen LogP contribution is -2.46. The number of halogens is 1. The molecule has 27 heavy (non-hydrogen) atoms. The van der Waals surface area contributed by atoms with E-state index in [1.54, 1.807) is 0 Å². The van der Waals surface area contributed by atoms with Crippen molar-refractivity contribution in [1.29, 1.82) is 0 Å². The number of aromatic amines is 1. The standard InChI is InChI=1S/C20H23BrN6/c21-15-11-22-20(23-16-7-3-5-12-4-1-2-6-14(12)16)25-19(15)24-18-10-17(26-27-18)13-8-9-13/h1-2,4,6,10-11,13,16,20,23,25H,3,5,7-9H2,(H2,24,26,27). The van der Waals surface area contributed by atoms with Gasteiger partial charge in [0.25, 0.3) is 0 Å². The topological polar surface area (TPSA) is 77.1 Å². The van der Waals surface area contributed by atoms with E-state index >= 15 is 0 Å². The normalized spacial score (nSPS) is 24.5. The van der Waals surface area contributed by atoms with Gasteiger partial charge in [0.15, 0.2) is 12.1 Å². The summed E-state index contributed by atoms with van der Waals surface area (Å²) in [6, 6.07) is 11.1. The molecule has 1 saturated carbocycles. The third-order valence-electron chi connectivity index (χ3n) is 5.45. The molecule has 1 aliphatic heterocycles. The Labute approximate surface area is 167 Å². The van der Waals surface area contributed by atoms with E-state index < -0.39 is 0 Å². The second-order valence-corrected chi connectivity index (χ2v) is 8.32. The highest BCUT2D eigenvalue weighted by Gasteiger charge is 2.27. The Morgan fingerprint density at radius 2 is 2.04 bits per heavy atom. The number of nitrogens with zero attached hydrogens (tertiary/aromatic N) is 2. The van der Waals surface area contributed by atoms with Gasteiger partial charge in [0.05, 0.1) is 4.48 Å². The van der Waals surface area contributed by atoms with E-state index in [9.17, 15) is 0 Å². The summed E-state index contributed by atoms with van der Waals surface area (Å²) in [6.45, 7) is 0. The fraction of sp³-hybridized carbons (Fsp3) is 0.400. The summed E-state index contributed by atoms with van der Waals surface area (Å²) >= 11 is 3.58. The van der Waals surface area contributed by atoms with E-state index in [1.807, 2.05) is 6.21 Å². The fourth-order valence-electron chi connectivity index (χ4n) is 3.88. The highest BCUT2D eigenvalue weighted by Crippen LogP contribution is 2.39. The second-order valence-electron chi connectivity index (χ2n) is 7.47. The molecule has 1 aromatic carbocycles. The van der Waals surface area contributed by atoms with Gasteiger partial charge >= 0.3 is 0 Å². The van der Waals surface area contributed by atoms with Crippen LogP contribution in [0.4, 0.5) is 5.82 Å². The maximum absolute atomic E-state index is 4.59. The smallest absolute Gasteiger partial charge is 0.175 e. The molecule has 4 N–H and O–H groups in total. The molecule has 6 nitrogen and oxygen atoms in total. The summed E-state index contributed by atoms with van der Waals surface area (Å²) in [6.07, 6.45) is 7.68. The first-order valence-electron chi connectivity index (χ1n) is 9.62. The van der Waals surface area contributed by atoms with Crippen LogP contribution in [0, 0.1) is 0 Å². The average molecular weight is 427 g/mol. The lowest BCUT2D eigenvalue weighted by molar-refractivity contribution is 0.373. The minimum atomic E-state index is -0.174. The minimum absolute atomic E-state index is 0.174. The Morgan fingerprint density at radius 3 is 2.93 bits per heavy atom. The monoisotopic (exact) mass is 426 g/mol. The number of hydrogen-bond acceptors (Lipinski definition) is 5. The zero-order valence-electron chi connectivity index (χ0n) is 15.0. The van der Waals surface area contributed by atoms with Crippen molar-refractivity contribution in [2.24, 2.45) is 4.99 Å². The van der Waals surface area contributed by atoms with Crippen LogP contribution in [0.15, 0.2) is 45.6 Å². The van der Waals surface area contributed by atoms with Crippen molar-refractivity contribution >= 4 is 28.0 Å². The summed E-state index contributed by atoms with van der Waals surface area (Å²) in [5.41, 5.74) is 4.05. The first-order chi connectivity index (χ1) is 13.3. The van der Waals surface area contributed by atoms with Crippen LogP contribution in [-0.4, -0.2) is 22.7 Å². The molecule has 2 heterocycles. The second kappa shape index (κ2) is 7.13. The molecule has 2 aliphatic carbocycles. The van der Waals surface area contributed by atoms with Crippen molar-refractivity contribution in [2.45, 2.75) is 50.4 Å². The van der Waals surface area contributed by atoms with Gasteiger partial charge in [0.2, 0.25) is 0 Å². The molecule has 0 spiro atoms. The lowest BCUT2D eigenvalue weighted by Gasteiger charge is -2.31. The van der Waals surface area contributed by atoms with Crippen molar-refractivity contribution in [2.75, 3.05) is 5.32 Å². The van der Waals surface area contributed by atoms with Crippen LogP contribution in [-0.2, 0) is 6.42 Å². The molecular weight excluding hydrogens is 404 g/mol. The zero-order chi connectivity index (χ0) is 18.2. The van der Waals surface area contributed by atoms with Gasteiger partial charge in [-0.2, -0.15) is 5.10 Å². The van der Waals surface area contributed by atoms with Gasteiger partial charge in [-0.15, -0.1) is 0 Å². The first kappa shape index (κ1) is 17.0. The zero-order valence-corrected chi connectivity index (χ0v) is 16.6. The van der Waals surface area contributed by atoms with Gasteiger partial charge in [0.1, 0.15) is 5.82 Å². The van der Waals surface area contributed by atoms with Crippen LogP contribution >= 0.6 is 15.9 Å². The number of aromatic nitrogens is 2. The van der Waals surface area contributed by atoms with Gasteiger partial charge < -0.3 is 10.6 Å². The number of allylic oxidation sites excluding steroid dienone is 1. The van der Waals surface area contributed by atoms with Gasteiger partial charge in [-0.05, 0) is 59.2 Å². The fourth-order valence-corrected chi connectivity index (χ4v) is 4.21. The van der Waals surface area contributed by atoms with Crippen molar-refractivity contribution in [3.8, 4) is 0 Å². The lowest BCUT2D eigenvalue weighted by atomic mass is 9.88. The first-order valence-corrected chi connectivity index (χ1v) is 10.4. The minimum Gasteiger partial charge on any atom is -0.337 e. The van der Waals surface area contributed by atoms with Crippen LogP contribution < -0.4 is 16.0 Å². The third kappa shape index (κ3) is 3.66. The molecule has 1 fully saturated rings. The molecule has 7 heteroatoms. The maximum atomic E-state index is 4.59. The largest absolute Gasteiger partial charge is 0.337 e. The molecule has 2 unspecified atom stereocenters. The molecular formula is C20H23BrN6. The van der Waals surface area contributed by atoms with Crippen molar-refractivity contribution < 1.29 is 0 Å². The van der Waals surface area contributed by atoms with E-state index in [4.69, 9.17) is 0 Å². The van der Waals surface area contributed by atoms with Gasteiger partial charge in [-0.25, -0.2) is 0 Å². The summed E-state index contributed by atoms with van der Waals surface area (Å²) in [5, 5.41) is 18.0. The Morgan fingerprint density at radius 1 is 1.15 bits per heavy atom. The molecule has 0 bridgehead atoms. The third-order valence-corrected chi connectivity index (χ3v) is 6.05. The molecule has 0 radical (unpaired) electrons. The van der Waals surface area contributed by atoms with Crippen LogP contribution in [0.3, 0.4) is 0 Å². The molecule has 0 saturated heterocycles. The van der Waals surface area contributed by atoms with Crippen LogP contribution in [0.1, 0.15) is 54.5 Å². The van der Waals surface area contributed by atoms with Crippen LogP contribution in [0.2, 0.25) is 0 Å². The Bertz CT molecular complexity index is 897. The number of aryl methyl sites for hydroxylation is 1. The van der Waals surface area contributed by atoms with E-state index in [0.29, 0.717) is 12.0 Å². The van der Waals surface area contributed by atoms with Crippen molar-refractivity contribution in [1.82, 2.24) is 20.8 Å². The molecule has 1 aromatic heterocycles. The number of rotatable bonds is 5. The Balaban J connectivity index is 1.27. The summed E-state index contributed by atoms with van der Waals surface area (Å²) in [7, 11) is 0. The van der Waals surface area contributed by atoms with E-state index in [2.05, 4.69) is 77.4 Å². The molecule has 0 amide bonds. The summed E-state index contributed by atoms with van der Waals surface area (Å²) < 4.78 is 0.889. The Kier molecular flexibility index (Phi) is 4.49.